The van der Waals surface area contributed by atoms with E-state index >= 15 is 0 Å². The molecule has 5 nitrogen and oxygen atoms in total. The van der Waals surface area contributed by atoms with E-state index in [0.717, 1.165) is 30.5 Å². The molecule has 0 radical (unpaired) electrons. The zero-order valence-electron chi connectivity index (χ0n) is 17.1. The normalized spacial score (nSPS) is 15.5. The molecule has 0 aliphatic heterocycles. The van der Waals surface area contributed by atoms with Gasteiger partial charge in [-0.15, -0.1) is 24.0 Å². The van der Waals surface area contributed by atoms with E-state index in [4.69, 9.17) is 4.99 Å². The zero-order valence-corrected chi connectivity index (χ0v) is 19.4. The molecular formula is C21H35IN4O. The van der Waals surface area contributed by atoms with Gasteiger partial charge in [-0.05, 0) is 55.2 Å². The Hall–Kier alpha value is -1.31. The Bertz CT molecular complexity index is 626. The van der Waals surface area contributed by atoms with Crippen molar-refractivity contribution in [3.8, 4) is 0 Å². The van der Waals surface area contributed by atoms with Gasteiger partial charge in [-0.1, -0.05) is 32.4 Å². The number of halogens is 1. The van der Waals surface area contributed by atoms with Crippen LogP contribution >= 0.6 is 24.0 Å². The number of hydrogen-bond acceptors (Lipinski definition) is 2. The number of guanidine groups is 1. The van der Waals surface area contributed by atoms with Crippen molar-refractivity contribution in [2.45, 2.75) is 53.0 Å². The maximum Gasteiger partial charge on any atom is 0.251 e. The van der Waals surface area contributed by atoms with Gasteiger partial charge in [-0.2, -0.15) is 0 Å². The molecule has 1 aliphatic rings. The number of amides is 1. The average Bonchev–Trinajstić information content (AvgIpc) is 2.60. The predicted molar refractivity (Wildman–Crippen MR) is 124 cm³/mol. The summed E-state index contributed by atoms with van der Waals surface area (Å²) in [5.41, 5.74) is 2.14. The van der Waals surface area contributed by atoms with E-state index in [1.807, 2.05) is 24.3 Å². The lowest BCUT2D eigenvalue weighted by Gasteiger charge is -2.43. The van der Waals surface area contributed by atoms with E-state index < -0.39 is 0 Å². The first-order valence-electron chi connectivity index (χ1n) is 9.81. The number of hydrogen-bond donors (Lipinski definition) is 3. The fourth-order valence-electron chi connectivity index (χ4n) is 3.73. The van der Waals surface area contributed by atoms with Crippen LogP contribution in [0.15, 0.2) is 29.3 Å². The molecule has 1 aromatic rings. The van der Waals surface area contributed by atoms with Gasteiger partial charge < -0.3 is 16.0 Å². The largest absolute Gasteiger partial charge is 0.357 e. The van der Waals surface area contributed by atoms with Crippen LogP contribution in [0.4, 0.5) is 0 Å². The topological polar surface area (TPSA) is 65.5 Å². The standard InChI is InChI=1S/C21H34N4O.HI/c1-5-23-20(25-15-21(10-7-11-21)13-16(2)3)24-14-17-8-6-9-18(12-17)19(26)22-4;/h6,8-9,12,16H,5,7,10-11,13-15H2,1-4H3,(H,22,26)(H2,23,24,25);1H. The molecule has 1 saturated carbocycles. The smallest absolute Gasteiger partial charge is 0.251 e. The van der Waals surface area contributed by atoms with Crippen LogP contribution in [0, 0.1) is 11.3 Å². The van der Waals surface area contributed by atoms with Gasteiger partial charge in [0.15, 0.2) is 5.96 Å². The van der Waals surface area contributed by atoms with Crippen molar-refractivity contribution < 1.29 is 4.79 Å². The molecule has 0 atom stereocenters. The van der Waals surface area contributed by atoms with Gasteiger partial charge in [0.1, 0.15) is 0 Å². The summed E-state index contributed by atoms with van der Waals surface area (Å²) in [5.74, 6) is 1.51. The van der Waals surface area contributed by atoms with Crippen LogP contribution in [0.25, 0.3) is 0 Å². The average molecular weight is 486 g/mol. The summed E-state index contributed by atoms with van der Waals surface area (Å²) in [5, 5.41) is 9.54. The summed E-state index contributed by atoms with van der Waals surface area (Å²) < 4.78 is 0. The quantitative estimate of drug-likeness (QED) is 0.296. The number of benzene rings is 1. The van der Waals surface area contributed by atoms with Gasteiger partial charge >= 0.3 is 0 Å². The summed E-state index contributed by atoms with van der Waals surface area (Å²) in [6.45, 7) is 9.06. The summed E-state index contributed by atoms with van der Waals surface area (Å²) in [7, 11) is 1.65. The Kier molecular flexibility index (Phi) is 10.1. The number of aliphatic imine (C=N–C) groups is 1. The summed E-state index contributed by atoms with van der Waals surface area (Å²) in [4.78, 5) is 16.5. The molecule has 3 N–H and O–H groups in total. The molecule has 27 heavy (non-hydrogen) atoms. The molecule has 1 fully saturated rings. The molecule has 1 amide bonds. The van der Waals surface area contributed by atoms with Gasteiger partial charge in [0.05, 0.1) is 6.54 Å². The molecule has 2 rings (SSSR count). The Morgan fingerprint density at radius 1 is 1.26 bits per heavy atom. The molecule has 0 bridgehead atoms. The fraction of sp³-hybridized carbons (Fsp3) is 0.619. The molecule has 0 heterocycles. The van der Waals surface area contributed by atoms with Crippen LogP contribution in [0.3, 0.4) is 0 Å². The third-order valence-electron chi connectivity index (χ3n) is 5.07. The first kappa shape index (κ1) is 23.7. The van der Waals surface area contributed by atoms with Crippen molar-refractivity contribution in [3.63, 3.8) is 0 Å². The molecule has 0 spiro atoms. The number of nitrogens with zero attached hydrogens (tertiary/aromatic N) is 1. The van der Waals surface area contributed by atoms with Crippen molar-refractivity contribution in [1.82, 2.24) is 16.0 Å². The monoisotopic (exact) mass is 486 g/mol. The van der Waals surface area contributed by atoms with Crippen molar-refractivity contribution in [3.05, 3.63) is 35.4 Å². The zero-order chi connectivity index (χ0) is 19.0. The Morgan fingerprint density at radius 3 is 2.56 bits per heavy atom. The van der Waals surface area contributed by atoms with Gasteiger partial charge in [0.25, 0.3) is 5.91 Å². The molecule has 0 unspecified atom stereocenters. The lowest BCUT2D eigenvalue weighted by atomic mass is 9.64. The Balaban J connectivity index is 0.00000364. The molecule has 1 aliphatic carbocycles. The van der Waals surface area contributed by atoms with E-state index in [9.17, 15) is 4.79 Å². The second-order valence-electron chi connectivity index (χ2n) is 7.78. The van der Waals surface area contributed by atoms with Crippen molar-refractivity contribution in [1.29, 1.82) is 0 Å². The molecular weight excluding hydrogens is 451 g/mol. The van der Waals surface area contributed by atoms with Gasteiger partial charge in [-0.25, -0.2) is 4.99 Å². The van der Waals surface area contributed by atoms with Gasteiger partial charge in [0, 0.05) is 25.7 Å². The number of rotatable bonds is 8. The maximum absolute atomic E-state index is 11.8. The van der Waals surface area contributed by atoms with E-state index in [1.165, 1.54) is 25.7 Å². The Morgan fingerprint density at radius 2 is 2.00 bits per heavy atom. The predicted octanol–water partition coefficient (Wildman–Crippen LogP) is 3.94. The third-order valence-corrected chi connectivity index (χ3v) is 5.07. The summed E-state index contributed by atoms with van der Waals surface area (Å²) in [6, 6.07) is 7.63. The molecule has 152 valence electrons. The minimum absolute atomic E-state index is 0. The van der Waals surface area contributed by atoms with Crippen molar-refractivity contribution >= 4 is 35.8 Å². The fourth-order valence-corrected chi connectivity index (χ4v) is 3.73. The highest BCUT2D eigenvalue weighted by Crippen LogP contribution is 2.45. The minimum atomic E-state index is -0.0681. The summed E-state index contributed by atoms with van der Waals surface area (Å²) in [6.07, 6.45) is 5.24. The second-order valence-corrected chi connectivity index (χ2v) is 7.78. The van der Waals surface area contributed by atoms with Crippen LogP contribution in [-0.4, -0.2) is 32.0 Å². The molecule has 0 saturated heterocycles. The minimum Gasteiger partial charge on any atom is -0.357 e. The van der Waals surface area contributed by atoms with E-state index in [-0.39, 0.29) is 29.9 Å². The number of carbonyl (C=O) groups is 1. The Labute approximate surface area is 181 Å². The lowest BCUT2D eigenvalue weighted by molar-refractivity contribution is 0.0963. The second kappa shape index (κ2) is 11.5. The van der Waals surface area contributed by atoms with Crippen LogP contribution in [0.5, 0.6) is 0 Å². The molecule has 6 heteroatoms. The summed E-state index contributed by atoms with van der Waals surface area (Å²) >= 11 is 0. The first-order chi connectivity index (χ1) is 12.5. The van der Waals surface area contributed by atoms with Crippen LogP contribution in [-0.2, 0) is 6.54 Å². The highest BCUT2D eigenvalue weighted by molar-refractivity contribution is 14.0. The van der Waals surface area contributed by atoms with Crippen LogP contribution in [0.1, 0.15) is 62.4 Å². The number of nitrogens with one attached hydrogen (secondary N) is 3. The highest BCUT2D eigenvalue weighted by atomic mass is 127. The van der Waals surface area contributed by atoms with Crippen LogP contribution < -0.4 is 16.0 Å². The molecule has 1 aromatic carbocycles. The number of carbonyl (C=O) groups excluding carboxylic acids is 1. The van der Waals surface area contributed by atoms with Crippen LogP contribution in [0.2, 0.25) is 0 Å². The first-order valence-corrected chi connectivity index (χ1v) is 9.81. The lowest BCUT2D eigenvalue weighted by Crippen LogP contribution is -2.47. The maximum atomic E-state index is 11.8. The van der Waals surface area contributed by atoms with E-state index in [0.29, 0.717) is 17.5 Å². The van der Waals surface area contributed by atoms with Gasteiger partial charge in [0.2, 0.25) is 0 Å². The molecule has 0 aromatic heterocycles. The third kappa shape index (κ3) is 7.31. The van der Waals surface area contributed by atoms with Crippen molar-refractivity contribution in [2.75, 3.05) is 20.1 Å². The van der Waals surface area contributed by atoms with Gasteiger partial charge in [-0.3, -0.25) is 4.79 Å². The highest BCUT2D eigenvalue weighted by Gasteiger charge is 2.37. The van der Waals surface area contributed by atoms with E-state index in [1.54, 1.807) is 7.05 Å². The van der Waals surface area contributed by atoms with Crippen molar-refractivity contribution in [2.24, 2.45) is 16.3 Å². The SMILES string of the molecule is CCNC(=NCc1cccc(C(=O)NC)c1)NCC1(CC(C)C)CCC1.I. The van der Waals surface area contributed by atoms with E-state index in [2.05, 4.69) is 36.7 Å².